The van der Waals surface area contributed by atoms with Gasteiger partial charge in [0.15, 0.2) is 6.79 Å². The van der Waals surface area contributed by atoms with Gasteiger partial charge in [-0.05, 0) is 12.8 Å². The highest BCUT2D eigenvalue weighted by atomic mass is 16.7. The van der Waals surface area contributed by atoms with Crippen LogP contribution in [0, 0.1) is 0 Å². The molecule has 0 aliphatic heterocycles. The lowest BCUT2D eigenvalue weighted by Gasteiger charge is -2.05. The van der Waals surface area contributed by atoms with Crippen molar-refractivity contribution < 1.29 is 14.3 Å². The third-order valence-electron chi connectivity index (χ3n) is 1.17. The van der Waals surface area contributed by atoms with Crippen LogP contribution in [-0.2, 0) is 14.3 Å². The summed E-state index contributed by atoms with van der Waals surface area (Å²) in [6.07, 6.45) is 1.20. The molecule has 0 rings (SSSR count). The summed E-state index contributed by atoms with van der Waals surface area (Å²) in [7, 11) is 0. The molecule has 0 aliphatic rings. The Morgan fingerprint density at radius 2 is 2.17 bits per heavy atom. The summed E-state index contributed by atoms with van der Waals surface area (Å²) >= 11 is 0. The fourth-order valence-corrected chi connectivity index (χ4v) is 0.605. The molecule has 0 unspecified atom stereocenters. The zero-order valence-corrected chi connectivity index (χ0v) is 7.29. The van der Waals surface area contributed by atoms with Gasteiger partial charge in [0.25, 0.3) is 0 Å². The van der Waals surface area contributed by atoms with Crippen LogP contribution >= 0.6 is 0 Å². The Morgan fingerprint density at radius 3 is 2.67 bits per heavy atom. The van der Waals surface area contributed by atoms with E-state index in [0.29, 0.717) is 13.0 Å². The zero-order chi connectivity index (χ0) is 9.40. The highest BCUT2D eigenvalue weighted by Crippen LogP contribution is 1.90. The lowest BCUT2D eigenvalue weighted by Crippen LogP contribution is -2.30. The van der Waals surface area contributed by atoms with Gasteiger partial charge in [0, 0.05) is 6.92 Å². The average molecular weight is 176 g/mol. The van der Waals surface area contributed by atoms with Gasteiger partial charge in [-0.3, -0.25) is 4.79 Å². The minimum absolute atomic E-state index is 0.00907. The van der Waals surface area contributed by atoms with Crippen LogP contribution in [0.15, 0.2) is 0 Å². The molecule has 5 heteroatoms. The van der Waals surface area contributed by atoms with E-state index >= 15 is 0 Å². The fourth-order valence-electron chi connectivity index (χ4n) is 0.605. The number of esters is 1. The van der Waals surface area contributed by atoms with Crippen LogP contribution in [0.1, 0.15) is 19.8 Å². The number of rotatable bonds is 6. The van der Waals surface area contributed by atoms with E-state index in [-0.39, 0.29) is 18.9 Å². The van der Waals surface area contributed by atoms with Gasteiger partial charge in [-0.25, -0.2) is 0 Å². The fraction of sp³-hybridized carbons (Fsp3) is 0.857. The quantitative estimate of drug-likeness (QED) is 0.325. The number of ether oxygens (including phenoxy) is 2. The molecule has 0 aromatic carbocycles. The number of hydrogen-bond donors (Lipinski definition) is 2. The number of carbonyl (C=O) groups is 1. The minimum atomic E-state index is -0.342. The molecule has 0 aliphatic carbocycles. The Hall–Kier alpha value is -0.650. The van der Waals surface area contributed by atoms with Gasteiger partial charge in [0.05, 0.1) is 12.8 Å². The van der Waals surface area contributed by atoms with E-state index < -0.39 is 0 Å². The second-order valence-electron chi connectivity index (χ2n) is 2.47. The summed E-state index contributed by atoms with van der Waals surface area (Å²) in [5, 5.41) is 0. The van der Waals surface area contributed by atoms with E-state index in [1.807, 2.05) is 0 Å². The maximum absolute atomic E-state index is 10.2. The average Bonchev–Trinajstić information content (AvgIpc) is 1.95. The molecule has 5 nitrogen and oxygen atoms in total. The van der Waals surface area contributed by atoms with Crippen LogP contribution in [0.25, 0.3) is 0 Å². The molecule has 0 radical (unpaired) electrons. The van der Waals surface area contributed by atoms with Crippen molar-refractivity contribution in [3.05, 3.63) is 0 Å². The van der Waals surface area contributed by atoms with Crippen LogP contribution in [0.4, 0.5) is 0 Å². The van der Waals surface area contributed by atoms with E-state index in [2.05, 4.69) is 4.74 Å². The van der Waals surface area contributed by atoms with Crippen LogP contribution in [0.2, 0.25) is 0 Å². The van der Waals surface area contributed by atoms with E-state index in [1.165, 1.54) is 6.92 Å². The predicted molar refractivity (Wildman–Crippen MR) is 44.0 cm³/mol. The molecule has 0 aromatic heterocycles. The predicted octanol–water partition coefficient (Wildman–Crippen LogP) is -0.453. The van der Waals surface area contributed by atoms with Gasteiger partial charge in [0.2, 0.25) is 0 Å². The first-order valence-corrected chi connectivity index (χ1v) is 3.85. The molecule has 72 valence electrons. The normalized spacial score (nSPS) is 10.3. The van der Waals surface area contributed by atoms with Crippen molar-refractivity contribution in [2.75, 3.05) is 13.4 Å². The van der Waals surface area contributed by atoms with Gasteiger partial charge in [-0.2, -0.15) is 0 Å². The summed E-state index contributed by atoms with van der Waals surface area (Å²) < 4.78 is 9.47. The third-order valence-corrected chi connectivity index (χ3v) is 1.17. The van der Waals surface area contributed by atoms with Crippen molar-refractivity contribution in [1.82, 2.24) is 0 Å². The van der Waals surface area contributed by atoms with E-state index in [1.54, 1.807) is 0 Å². The molecular formula is C7H16N2O3. The topological polar surface area (TPSA) is 87.6 Å². The molecule has 0 saturated carbocycles. The minimum Gasteiger partial charge on any atom is -0.439 e. The Morgan fingerprint density at radius 1 is 1.50 bits per heavy atom. The molecule has 12 heavy (non-hydrogen) atoms. The Balaban J connectivity index is 2.96. The maximum Gasteiger partial charge on any atom is 0.304 e. The van der Waals surface area contributed by atoms with Crippen LogP contribution in [0.3, 0.4) is 0 Å². The zero-order valence-electron chi connectivity index (χ0n) is 7.29. The second-order valence-corrected chi connectivity index (χ2v) is 2.47. The number of nitrogens with two attached hydrogens (primary N) is 2. The summed E-state index contributed by atoms with van der Waals surface area (Å²) in [6.45, 7) is 1.85. The first-order valence-electron chi connectivity index (χ1n) is 3.85. The lowest BCUT2D eigenvalue weighted by atomic mass is 10.3. The second kappa shape index (κ2) is 7.02. The van der Waals surface area contributed by atoms with Crippen molar-refractivity contribution in [3.8, 4) is 0 Å². The summed E-state index contributed by atoms with van der Waals surface area (Å²) in [6, 6.07) is 0. The molecule has 4 N–H and O–H groups in total. The smallest absolute Gasteiger partial charge is 0.304 e. The lowest BCUT2D eigenvalue weighted by molar-refractivity contribution is -0.153. The number of hydrogen-bond acceptors (Lipinski definition) is 5. The molecule has 0 amide bonds. The monoisotopic (exact) mass is 176 g/mol. The molecule has 0 spiro atoms. The maximum atomic E-state index is 10.2. The van der Waals surface area contributed by atoms with Crippen LogP contribution in [0.5, 0.6) is 0 Å². The van der Waals surface area contributed by atoms with Crippen molar-refractivity contribution in [1.29, 1.82) is 0 Å². The van der Waals surface area contributed by atoms with Gasteiger partial charge >= 0.3 is 5.97 Å². The van der Waals surface area contributed by atoms with Gasteiger partial charge in [0.1, 0.15) is 0 Å². The van der Waals surface area contributed by atoms with E-state index in [0.717, 1.165) is 6.42 Å². The van der Waals surface area contributed by atoms with Gasteiger partial charge < -0.3 is 20.9 Å². The van der Waals surface area contributed by atoms with Gasteiger partial charge in [-0.1, -0.05) is 0 Å². The van der Waals surface area contributed by atoms with Crippen LogP contribution < -0.4 is 11.5 Å². The SMILES string of the molecule is CC(=O)OCOCCCC(N)N. The molecule has 0 saturated heterocycles. The van der Waals surface area contributed by atoms with Crippen molar-refractivity contribution in [2.45, 2.75) is 25.9 Å². The Labute approximate surface area is 72.0 Å². The molecule has 0 heterocycles. The van der Waals surface area contributed by atoms with Crippen molar-refractivity contribution >= 4 is 5.97 Å². The van der Waals surface area contributed by atoms with E-state index in [4.69, 9.17) is 16.2 Å². The molecule has 0 aromatic rings. The molecule has 0 atom stereocenters. The summed E-state index contributed by atoms with van der Waals surface area (Å²) in [5.41, 5.74) is 10.6. The Kier molecular flexibility index (Phi) is 6.64. The highest BCUT2D eigenvalue weighted by molar-refractivity contribution is 5.65. The van der Waals surface area contributed by atoms with Gasteiger partial charge in [-0.15, -0.1) is 0 Å². The first kappa shape index (κ1) is 11.4. The summed E-state index contributed by atoms with van der Waals surface area (Å²) in [4.78, 5) is 10.2. The largest absolute Gasteiger partial charge is 0.439 e. The summed E-state index contributed by atoms with van der Waals surface area (Å²) in [5.74, 6) is -0.342. The third kappa shape index (κ3) is 9.35. The van der Waals surface area contributed by atoms with E-state index in [9.17, 15) is 4.79 Å². The standard InChI is InChI=1S/C7H16N2O3/c1-6(10)12-5-11-4-2-3-7(8)9/h7H,2-5,8-9H2,1H3. The molecule has 0 bridgehead atoms. The van der Waals surface area contributed by atoms with Crippen molar-refractivity contribution in [3.63, 3.8) is 0 Å². The first-order chi connectivity index (χ1) is 5.63. The molecule has 0 fully saturated rings. The van der Waals surface area contributed by atoms with Crippen molar-refractivity contribution in [2.24, 2.45) is 11.5 Å². The molecular weight excluding hydrogens is 160 g/mol. The number of carbonyl (C=O) groups excluding carboxylic acids is 1. The highest BCUT2D eigenvalue weighted by Gasteiger charge is 1.95. The van der Waals surface area contributed by atoms with Crippen LogP contribution in [-0.4, -0.2) is 25.5 Å². The Bertz CT molecular complexity index is 128.